The Labute approximate surface area is 134 Å². The van der Waals surface area contributed by atoms with Crippen molar-refractivity contribution in [2.45, 2.75) is 29.2 Å². The fraction of sp³-hybridized carbons (Fsp3) is 0.500. The van der Waals surface area contributed by atoms with Crippen LogP contribution in [-0.4, -0.2) is 54.9 Å². The molecule has 1 saturated heterocycles. The highest BCUT2D eigenvalue weighted by Crippen LogP contribution is 2.44. The van der Waals surface area contributed by atoms with Crippen LogP contribution >= 0.6 is 11.8 Å². The molecule has 1 aromatic rings. The zero-order valence-electron chi connectivity index (χ0n) is 12.5. The lowest BCUT2D eigenvalue weighted by atomic mass is 9.98. The lowest BCUT2D eigenvalue weighted by molar-refractivity contribution is 0.00358. The maximum absolute atomic E-state index is 12.7. The number of nitrogens with one attached hydrogen (secondary N) is 1. The van der Waals surface area contributed by atoms with Crippen LogP contribution in [0.4, 0.5) is 0 Å². The van der Waals surface area contributed by atoms with Gasteiger partial charge in [-0.05, 0) is 24.6 Å². The summed E-state index contributed by atoms with van der Waals surface area (Å²) in [6, 6.07) is 6.22. The Balaban J connectivity index is 1.60. The van der Waals surface area contributed by atoms with Crippen molar-refractivity contribution in [3.8, 4) is 0 Å². The largest absolute Gasteiger partial charge is 0.377 e. The van der Waals surface area contributed by atoms with Crippen molar-refractivity contribution in [2.75, 3.05) is 26.4 Å². The van der Waals surface area contributed by atoms with E-state index in [0.717, 1.165) is 5.56 Å². The average molecular weight is 317 g/mol. The normalized spacial score (nSPS) is 30.0. The third kappa shape index (κ3) is 2.35. The van der Waals surface area contributed by atoms with Crippen LogP contribution in [0.2, 0.25) is 0 Å². The van der Waals surface area contributed by atoms with Crippen LogP contribution in [0.5, 0.6) is 0 Å². The first-order chi connectivity index (χ1) is 10.7. The van der Waals surface area contributed by atoms with Crippen LogP contribution in [0.3, 0.4) is 0 Å². The SMILES string of the molecule is C[C@H]1COCCN1C(=O)c1ccc2c(c1)SC1NCN=CC21. The lowest BCUT2D eigenvalue weighted by Crippen LogP contribution is -2.47. The van der Waals surface area contributed by atoms with E-state index in [1.165, 1.54) is 10.5 Å². The Hall–Kier alpha value is -1.37. The molecule has 6 heteroatoms. The molecule has 0 bridgehead atoms. The van der Waals surface area contributed by atoms with Gasteiger partial charge in [0.1, 0.15) is 0 Å². The molecular weight excluding hydrogens is 298 g/mol. The number of hydrogen-bond acceptors (Lipinski definition) is 5. The van der Waals surface area contributed by atoms with Crippen LogP contribution in [0.15, 0.2) is 28.1 Å². The molecule has 0 spiro atoms. The van der Waals surface area contributed by atoms with Crippen LogP contribution < -0.4 is 5.32 Å². The monoisotopic (exact) mass is 317 g/mol. The summed E-state index contributed by atoms with van der Waals surface area (Å²) < 4.78 is 5.42. The maximum Gasteiger partial charge on any atom is 0.254 e. The van der Waals surface area contributed by atoms with E-state index in [4.69, 9.17) is 4.74 Å². The van der Waals surface area contributed by atoms with Crippen molar-refractivity contribution in [3.63, 3.8) is 0 Å². The van der Waals surface area contributed by atoms with Gasteiger partial charge >= 0.3 is 0 Å². The van der Waals surface area contributed by atoms with E-state index >= 15 is 0 Å². The quantitative estimate of drug-likeness (QED) is 0.856. The van der Waals surface area contributed by atoms with Crippen LogP contribution in [-0.2, 0) is 4.74 Å². The van der Waals surface area contributed by atoms with Gasteiger partial charge in [-0.2, -0.15) is 0 Å². The van der Waals surface area contributed by atoms with Gasteiger partial charge in [-0.25, -0.2) is 0 Å². The molecule has 3 atom stereocenters. The second-order valence-electron chi connectivity index (χ2n) is 5.93. The van der Waals surface area contributed by atoms with Gasteiger partial charge in [0.2, 0.25) is 0 Å². The molecule has 2 unspecified atom stereocenters. The molecule has 0 aromatic heterocycles. The fourth-order valence-electron chi connectivity index (χ4n) is 3.25. The second kappa shape index (κ2) is 5.68. The average Bonchev–Trinajstić information content (AvgIpc) is 2.92. The molecule has 22 heavy (non-hydrogen) atoms. The van der Waals surface area contributed by atoms with E-state index in [1.54, 1.807) is 11.8 Å². The maximum atomic E-state index is 12.7. The van der Waals surface area contributed by atoms with Crippen LogP contribution in [0, 0.1) is 0 Å². The molecule has 0 aliphatic carbocycles. The van der Waals surface area contributed by atoms with Gasteiger partial charge in [-0.3, -0.25) is 15.1 Å². The predicted molar refractivity (Wildman–Crippen MR) is 86.6 cm³/mol. The first kappa shape index (κ1) is 14.2. The van der Waals surface area contributed by atoms with E-state index in [1.807, 2.05) is 30.2 Å². The summed E-state index contributed by atoms with van der Waals surface area (Å²) in [5, 5.41) is 3.75. The van der Waals surface area contributed by atoms with E-state index in [2.05, 4.69) is 16.4 Å². The minimum Gasteiger partial charge on any atom is -0.377 e. The highest BCUT2D eigenvalue weighted by atomic mass is 32.2. The fourth-order valence-corrected chi connectivity index (χ4v) is 4.58. The Morgan fingerprint density at radius 2 is 2.41 bits per heavy atom. The van der Waals surface area contributed by atoms with Gasteiger partial charge < -0.3 is 9.64 Å². The summed E-state index contributed by atoms with van der Waals surface area (Å²) in [5.41, 5.74) is 2.05. The molecule has 3 aliphatic rings. The minimum atomic E-state index is 0.107. The molecule has 1 aromatic carbocycles. The number of carbonyl (C=O) groups excluding carboxylic acids is 1. The zero-order valence-corrected chi connectivity index (χ0v) is 13.3. The molecular formula is C16H19N3O2S. The highest BCUT2D eigenvalue weighted by Gasteiger charge is 2.34. The Morgan fingerprint density at radius 3 is 3.27 bits per heavy atom. The van der Waals surface area contributed by atoms with Gasteiger partial charge in [0.25, 0.3) is 5.91 Å². The number of amides is 1. The molecule has 5 nitrogen and oxygen atoms in total. The third-order valence-corrected chi connectivity index (χ3v) is 5.80. The first-order valence-corrected chi connectivity index (χ1v) is 8.54. The molecule has 3 heterocycles. The van der Waals surface area contributed by atoms with E-state index < -0.39 is 0 Å². The van der Waals surface area contributed by atoms with Crippen molar-refractivity contribution in [1.82, 2.24) is 10.2 Å². The minimum absolute atomic E-state index is 0.107. The smallest absolute Gasteiger partial charge is 0.254 e. The van der Waals surface area contributed by atoms with Gasteiger partial charge in [-0.1, -0.05) is 6.07 Å². The lowest BCUT2D eigenvalue weighted by Gasteiger charge is -2.33. The van der Waals surface area contributed by atoms with Crippen molar-refractivity contribution in [2.24, 2.45) is 4.99 Å². The van der Waals surface area contributed by atoms with Crippen molar-refractivity contribution in [1.29, 1.82) is 0 Å². The number of thioether (sulfide) groups is 1. The van der Waals surface area contributed by atoms with Gasteiger partial charge in [0.05, 0.1) is 31.3 Å². The zero-order chi connectivity index (χ0) is 15.1. The number of benzene rings is 1. The van der Waals surface area contributed by atoms with Gasteiger partial charge in [-0.15, -0.1) is 11.8 Å². The highest BCUT2D eigenvalue weighted by molar-refractivity contribution is 8.00. The Morgan fingerprint density at radius 1 is 1.50 bits per heavy atom. The summed E-state index contributed by atoms with van der Waals surface area (Å²) in [4.78, 5) is 20.2. The first-order valence-electron chi connectivity index (χ1n) is 7.66. The molecule has 0 radical (unpaired) electrons. The van der Waals surface area contributed by atoms with E-state index in [-0.39, 0.29) is 11.9 Å². The second-order valence-corrected chi connectivity index (χ2v) is 7.12. The van der Waals surface area contributed by atoms with Crippen LogP contribution in [0.25, 0.3) is 0 Å². The molecule has 1 amide bonds. The number of fused-ring (bicyclic) bond motifs is 3. The number of morpholine rings is 1. The van der Waals surface area contributed by atoms with Gasteiger partial charge in [0.15, 0.2) is 0 Å². The third-order valence-electron chi connectivity index (χ3n) is 4.48. The Bertz CT molecular complexity index is 634. The Kier molecular flexibility index (Phi) is 3.68. The number of nitrogens with zero attached hydrogens (tertiary/aromatic N) is 2. The summed E-state index contributed by atoms with van der Waals surface area (Å²) >= 11 is 1.80. The number of rotatable bonds is 1. The van der Waals surface area contributed by atoms with E-state index in [9.17, 15) is 4.79 Å². The van der Waals surface area contributed by atoms with Crippen molar-refractivity contribution in [3.05, 3.63) is 29.3 Å². The number of ether oxygens (including phenoxy) is 1. The molecule has 1 fully saturated rings. The van der Waals surface area contributed by atoms with Crippen LogP contribution in [0.1, 0.15) is 28.8 Å². The molecule has 3 aliphatic heterocycles. The van der Waals surface area contributed by atoms with Gasteiger partial charge in [0, 0.05) is 29.1 Å². The van der Waals surface area contributed by atoms with Crippen molar-refractivity contribution < 1.29 is 9.53 Å². The number of aliphatic imine (C=N–C) groups is 1. The van der Waals surface area contributed by atoms with E-state index in [0.29, 0.717) is 37.7 Å². The molecule has 4 rings (SSSR count). The predicted octanol–water partition coefficient (Wildman–Crippen LogP) is 1.69. The topological polar surface area (TPSA) is 53.9 Å². The number of hydrogen-bond donors (Lipinski definition) is 1. The summed E-state index contributed by atoms with van der Waals surface area (Å²) in [6.45, 7) is 4.63. The molecule has 0 saturated carbocycles. The molecule has 1 N–H and O–H groups in total. The summed E-state index contributed by atoms with van der Waals surface area (Å²) in [5.74, 6) is 0.427. The summed E-state index contributed by atoms with van der Waals surface area (Å²) in [6.07, 6.45) is 2.03. The summed E-state index contributed by atoms with van der Waals surface area (Å²) in [7, 11) is 0. The number of carbonyl (C=O) groups is 1. The standard InChI is InChI=1S/C16H19N3O2S/c1-10-8-21-5-4-19(10)16(20)11-2-3-12-13-7-17-9-18-15(13)22-14(12)6-11/h2-3,6-7,10,13,15,18H,4-5,8-9H2,1H3/t10-,13?,15?/m0/s1. The molecule has 116 valence electrons. The van der Waals surface area contributed by atoms with Crippen molar-refractivity contribution >= 4 is 23.9 Å².